The van der Waals surface area contributed by atoms with Gasteiger partial charge < -0.3 is 0 Å². The minimum atomic E-state index is 0.107. The van der Waals surface area contributed by atoms with Gasteiger partial charge >= 0.3 is 0 Å². The number of allylic oxidation sites excluding steroid dienone is 3. The number of rotatable bonds is 2. The zero-order valence-electron chi connectivity index (χ0n) is 11.3. The Morgan fingerprint density at radius 3 is 1.53 bits per heavy atom. The highest BCUT2D eigenvalue weighted by Gasteiger charge is 2.27. The molecular formula is C14H25N. The second-order valence-corrected chi connectivity index (χ2v) is 5.93. The molecule has 1 heteroatoms. The van der Waals surface area contributed by atoms with Crippen LogP contribution in [-0.2, 0) is 0 Å². The first-order chi connectivity index (χ1) is 6.64. The fraction of sp³-hybridized carbons (Fsp3) is 0.643. The smallest absolute Gasteiger partial charge is 0.0300 e. The molecule has 0 aliphatic rings. The van der Waals surface area contributed by atoms with Crippen molar-refractivity contribution in [1.82, 2.24) is 0 Å². The minimum Gasteiger partial charge on any atom is -0.272 e. The predicted octanol–water partition coefficient (Wildman–Crippen LogP) is 4.61. The fourth-order valence-corrected chi connectivity index (χ4v) is 1.75. The molecule has 0 aromatic heterocycles. The van der Waals surface area contributed by atoms with Crippen LogP contribution in [0.4, 0.5) is 0 Å². The molecular weight excluding hydrogens is 182 g/mol. The van der Waals surface area contributed by atoms with Crippen LogP contribution in [0.5, 0.6) is 0 Å². The zero-order valence-corrected chi connectivity index (χ0v) is 11.3. The second-order valence-electron chi connectivity index (χ2n) is 5.93. The van der Waals surface area contributed by atoms with Crippen LogP contribution >= 0.6 is 0 Å². The average molecular weight is 207 g/mol. The minimum absolute atomic E-state index is 0.107. The highest BCUT2D eigenvalue weighted by atomic mass is 14.6. The summed E-state index contributed by atoms with van der Waals surface area (Å²) in [5.74, 6) is 0. The van der Waals surface area contributed by atoms with Gasteiger partial charge in [-0.25, -0.2) is 0 Å². The molecule has 0 unspecified atom stereocenters. The van der Waals surface area contributed by atoms with Gasteiger partial charge in [0.25, 0.3) is 0 Å². The van der Waals surface area contributed by atoms with E-state index in [2.05, 4.69) is 66.3 Å². The van der Waals surface area contributed by atoms with Crippen LogP contribution in [0, 0.1) is 10.8 Å². The predicted molar refractivity (Wildman–Crippen MR) is 70.3 cm³/mol. The Morgan fingerprint density at radius 1 is 0.933 bits per heavy atom. The van der Waals surface area contributed by atoms with Gasteiger partial charge in [0.05, 0.1) is 0 Å². The molecule has 0 spiro atoms. The average Bonchev–Trinajstić information content (AvgIpc) is 2.00. The van der Waals surface area contributed by atoms with Crippen molar-refractivity contribution < 1.29 is 0 Å². The second kappa shape index (κ2) is 4.78. The maximum atomic E-state index is 3.93. The highest BCUT2D eigenvalue weighted by Crippen LogP contribution is 2.40. The van der Waals surface area contributed by atoms with Gasteiger partial charge in [0.15, 0.2) is 0 Å². The molecule has 1 nitrogen and oxygen atoms in total. The maximum absolute atomic E-state index is 3.93. The van der Waals surface area contributed by atoms with E-state index < -0.39 is 0 Å². The highest BCUT2D eigenvalue weighted by molar-refractivity contribution is 5.40. The molecule has 0 saturated carbocycles. The van der Waals surface area contributed by atoms with E-state index in [1.807, 2.05) is 6.20 Å². The molecule has 0 aliphatic heterocycles. The molecule has 0 N–H and O–H groups in total. The lowest BCUT2D eigenvalue weighted by Gasteiger charge is -2.32. The van der Waals surface area contributed by atoms with E-state index in [4.69, 9.17) is 0 Å². The third kappa shape index (κ3) is 4.03. The molecule has 0 aromatic carbocycles. The van der Waals surface area contributed by atoms with Crippen molar-refractivity contribution in [1.29, 1.82) is 0 Å². The van der Waals surface area contributed by atoms with E-state index >= 15 is 0 Å². The van der Waals surface area contributed by atoms with Gasteiger partial charge in [-0.3, -0.25) is 4.99 Å². The summed E-state index contributed by atoms with van der Waals surface area (Å²) in [6.45, 7) is 19.0. The van der Waals surface area contributed by atoms with E-state index in [0.717, 1.165) is 0 Å². The first-order valence-corrected chi connectivity index (χ1v) is 5.48. The molecule has 0 amide bonds. The van der Waals surface area contributed by atoms with Gasteiger partial charge in [0, 0.05) is 6.20 Å². The van der Waals surface area contributed by atoms with Crippen molar-refractivity contribution >= 4 is 6.72 Å². The Morgan fingerprint density at radius 2 is 1.33 bits per heavy atom. The Hall–Kier alpha value is -0.850. The van der Waals surface area contributed by atoms with Crippen LogP contribution in [0.3, 0.4) is 0 Å². The Balaban J connectivity index is 5.48. The van der Waals surface area contributed by atoms with Gasteiger partial charge in [-0.1, -0.05) is 47.6 Å². The van der Waals surface area contributed by atoms with Gasteiger partial charge in [-0.05, 0) is 35.6 Å². The van der Waals surface area contributed by atoms with E-state index in [9.17, 15) is 0 Å². The molecule has 0 heterocycles. The van der Waals surface area contributed by atoms with Gasteiger partial charge in [-0.2, -0.15) is 0 Å². The van der Waals surface area contributed by atoms with Gasteiger partial charge in [-0.15, -0.1) is 0 Å². The number of aliphatic imine (C=N–C) groups is 1. The van der Waals surface area contributed by atoms with E-state index in [0.29, 0.717) is 0 Å². The molecule has 15 heavy (non-hydrogen) atoms. The molecule has 0 fully saturated rings. The summed E-state index contributed by atoms with van der Waals surface area (Å²) in [5.41, 5.74) is 2.88. The summed E-state index contributed by atoms with van der Waals surface area (Å²) in [7, 11) is 0. The summed E-state index contributed by atoms with van der Waals surface area (Å²) in [5, 5.41) is 0. The molecule has 0 aliphatic carbocycles. The Kier molecular flexibility index (Phi) is 4.51. The topological polar surface area (TPSA) is 12.4 Å². The van der Waals surface area contributed by atoms with Crippen LogP contribution in [0.15, 0.2) is 28.4 Å². The first-order valence-electron chi connectivity index (χ1n) is 5.48. The van der Waals surface area contributed by atoms with Crippen molar-refractivity contribution in [3.8, 4) is 0 Å². The van der Waals surface area contributed by atoms with Gasteiger partial charge in [0.1, 0.15) is 0 Å². The fourth-order valence-electron chi connectivity index (χ4n) is 1.75. The summed E-state index contributed by atoms with van der Waals surface area (Å²) >= 11 is 0. The largest absolute Gasteiger partial charge is 0.272 e. The van der Waals surface area contributed by atoms with Crippen molar-refractivity contribution in [2.45, 2.75) is 48.5 Å². The van der Waals surface area contributed by atoms with Crippen LogP contribution in [0.25, 0.3) is 0 Å². The summed E-state index contributed by atoms with van der Waals surface area (Å²) < 4.78 is 0. The summed E-state index contributed by atoms with van der Waals surface area (Å²) in [6.07, 6.45) is 4.07. The van der Waals surface area contributed by atoms with Crippen molar-refractivity contribution in [3.05, 3.63) is 23.4 Å². The van der Waals surface area contributed by atoms with Crippen LogP contribution in [-0.4, -0.2) is 6.72 Å². The van der Waals surface area contributed by atoms with E-state index in [-0.39, 0.29) is 10.8 Å². The number of hydrogen-bond acceptors (Lipinski definition) is 1. The molecule has 0 bridgehead atoms. The molecule has 0 atom stereocenters. The normalized spacial score (nSPS) is 15.4. The molecule has 0 aromatic rings. The van der Waals surface area contributed by atoms with Crippen LogP contribution < -0.4 is 0 Å². The third-order valence-electron chi connectivity index (χ3n) is 2.42. The van der Waals surface area contributed by atoms with E-state index in [1.54, 1.807) is 0 Å². The lowest BCUT2D eigenvalue weighted by molar-refractivity contribution is 0.444. The van der Waals surface area contributed by atoms with Crippen molar-refractivity contribution in [3.63, 3.8) is 0 Å². The molecule has 86 valence electrons. The molecule has 0 radical (unpaired) electrons. The summed E-state index contributed by atoms with van der Waals surface area (Å²) in [4.78, 5) is 3.93. The van der Waals surface area contributed by atoms with Crippen LogP contribution in [0.2, 0.25) is 0 Å². The standard InChI is InChI=1S/C14H25N/c1-9-11(13(2,3)4)12(10-15-8)14(5,6)7/h9-10H,8H2,1-7H3/b11-9+,12-10+. The summed E-state index contributed by atoms with van der Waals surface area (Å²) in [6, 6.07) is 0. The van der Waals surface area contributed by atoms with Crippen molar-refractivity contribution in [2.75, 3.05) is 0 Å². The van der Waals surface area contributed by atoms with E-state index in [1.165, 1.54) is 11.1 Å². The van der Waals surface area contributed by atoms with Crippen LogP contribution in [0.1, 0.15) is 48.5 Å². The monoisotopic (exact) mass is 207 g/mol. The lowest BCUT2D eigenvalue weighted by atomic mass is 9.73. The molecule has 0 saturated heterocycles. The first kappa shape index (κ1) is 14.2. The maximum Gasteiger partial charge on any atom is 0.0300 e. The van der Waals surface area contributed by atoms with Crippen molar-refractivity contribution in [2.24, 2.45) is 15.8 Å². The number of nitrogens with zero attached hydrogens (tertiary/aromatic N) is 1. The Labute approximate surface area is 95.0 Å². The molecule has 0 rings (SSSR count). The van der Waals surface area contributed by atoms with Gasteiger partial charge in [0.2, 0.25) is 0 Å². The Bertz CT molecular complexity index is 279. The third-order valence-corrected chi connectivity index (χ3v) is 2.42. The lowest BCUT2D eigenvalue weighted by Crippen LogP contribution is -2.20. The zero-order chi connectivity index (χ0) is 12.3. The number of hydrogen-bond donors (Lipinski definition) is 0. The quantitative estimate of drug-likeness (QED) is 0.463. The SMILES string of the molecule is C=N/C=C(\C(=C/C)C(C)(C)C)C(C)(C)C.